The molecule has 0 aliphatic carbocycles. The molecule has 6 aromatic heterocycles. The summed E-state index contributed by atoms with van der Waals surface area (Å²) in [5.41, 5.74) is 21.3. The number of benzene rings is 11. The lowest BCUT2D eigenvalue weighted by atomic mass is 9.92. The van der Waals surface area contributed by atoms with Crippen LogP contribution in [0.2, 0.25) is 0 Å². The highest BCUT2D eigenvalue weighted by Crippen LogP contribution is 2.54. The highest BCUT2D eigenvalue weighted by atomic mass is 15.1. The Morgan fingerprint density at radius 1 is 0.233 bits per heavy atom. The van der Waals surface area contributed by atoms with E-state index in [9.17, 15) is 0 Å². The molecule has 0 radical (unpaired) electrons. The number of aromatic nitrogens is 8. The van der Waals surface area contributed by atoms with Gasteiger partial charge in [0.2, 0.25) is 0 Å². The van der Waals surface area contributed by atoms with Crippen LogP contribution in [0, 0.1) is 27.7 Å². The third-order valence-corrected chi connectivity index (χ3v) is 17.5. The maximum atomic E-state index is 5.91. The van der Waals surface area contributed by atoms with E-state index in [1.54, 1.807) is 0 Å². The van der Waals surface area contributed by atoms with Crippen molar-refractivity contribution >= 4 is 87.2 Å². The third-order valence-electron chi connectivity index (χ3n) is 17.5. The topological polar surface area (TPSA) is 71.3 Å². The molecule has 0 amide bonds. The zero-order chi connectivity index (χ0) is 57.3. The third kappa shape index (κ3) is 7.42. The second-order valence-electron chi connectivity index (χ2n) is 22.9. The molecule has 0 saturated carbocycles. The van der Waals surface area contributed by atoms with Gasteiger partial charge >= 0.3 is 0 Å². The van der Waals surface area contributed by atoms with Crippen molar-refractivity contribution in [2.75, 3.05) is 0 Å². The minimum Gasteiger partial charge on any atom is -0.308 e. The largest absolute Gasteiger partial charge is 0.308 e. The standard InChI is InChI=1S/C78H54N8/c1-47-31-35-66-58(43-47)54-23-11-15-27-62(54)83(66)72-70(51-39-41-79-42-40-51)73(84-63-28-16-12-24-55(63)59-44-48(2)32-36-67(59)84)75(86-65-30-18-14-26-57(65)61-46-50(4)34-38-69(61)86)74(85-64-29-17-13-25-56(64)60-45-49(3)33-37-68(60)85)71(72)78-81-76(52-19-7-5-8-20-52)80-77(82-78)53-21-9-6-10-22-53/h5-46H,1-4H3. The lowest BCUT2D eigenvalue weighted by Crippen LogP contribution is -2.17. The van der Waals surface area contributed by atoms with Gasteiger partial charge in [-0.2, -0.15) is 0 Å². The minimum absolute atomic E-state index is 0.511. The van der Waals surface area contributed by atoms with E-state index in [-0.39, 0.29) is 0 Å². The van der Waals surface area contributed by atoms with Crippen LogP contribution in [0.1, 0.15) is 22.3 Å². The van der Waals surface area contributed by atoms with E-state index < -0.39 is 0 Å². The van der Waals surface area contributed by atoms with E-state index in [1.807, 2.05) is 24.5 Å². The van der Waals surface area contributed by atoms with E-state index in [2.05, 4.69) is 276 Å². The van der Waals surface area contributed by atoms with Gasteiger partial charge in [-0.3, -0.25) is 4.98 Å². The van der Waals surface area contributed by atoms with Gasteiger partial charge in [-0.05, 0) is 118 Å². The van der Waals surface area contributed by atoms with Gasteiger partial charge in [-0.1, -0.05) is 180 Å². The molecule has 0 spiro atoms. The molecule has 0 aliphatic heterocycles. The van der Waals surface area contributed by atoms with Crippen LogP contribution < -0.4 is 0 Å². The Labute approximate surface area is 495 Å². The highest BCUT2D eigenvalue weighted by Gasteiger charge is 2.37. The Balaban J connectivity index is 1.26. The van der Waals surface area contributed by atoms with Gasteiger partial charge in [-0.15, -0.1) is 0 Å². The van der Waals surface area contributed by atoms with Crippen LogP contribution in [-0.2, 0) is 0 Å². The van der Waals surface area contributed by atoms with Gasteiger partial charge in [0.15, 0.2) is 17.5 Å². The normalized spacial score (nSPS) is 12.0. The Morgan fingerprint density at radius 3 is 0.919 bits per heavy atom. The van der Waals surface area contributed by atoms with E-state index in [1.165, 1.54) is 22.3 Å². The number of pyridine rings is 1. The van der Waals surface area contributed by atoms with Crippen LogP contribution >= 0.6 is 0 Å². The molecule has 0 bridgehead atoms. The van der Waals surface area contributed by atoms with Crippen LogP contribution in [-0.4, -0.2) is 38.2 Å². The molecule has 0 aliphatic rings. The Morgan fingerprint density at radius 2 is 0.535 bits per heavy atom. The van der Waals surface area contributed by atoms with E-state index in [0.717, 1.165) is 138 Å². The predicted octanol–water partition coefficient (Wildman–Crippen LogP) is 19.6. The molecule has 11 aromatic carbocycles. The zero-order valence-electron chi connectivity index (χ0n) is 47.8. The summed E-state index contributed by atoms with van der Waals surface area (Å²) in [6.45, 7) is 8.77. The van der Waals surface area contributed by atoms with Crippen molar-refractivity contribution < 1.29 is 0 Å². The molecule has 0 unspecified atom stereocenters. The molecular weight excluding hydrogens is 1050 g/mol. The molecule has 17 aromatic rings. The Kier molecular flexibility index (Phi) is 11.0. The number of fused-ring (bicyclic) bond motifs is 12. The van der Waals surface area contributed by atoms with Gasteiger partial charge in [0.25, 0.3) is 0 Å². The van der Waals surface area contributed by atoms with Crippen molar-refractivity contribution in [3.8, 4) is 68.0 Å². The van der Waals surface area contributed by atoms with Crippen molar-refractivity contribution in [1.82, 2.24) is 38.2 Å². The number of rotatable bonds is 8. The molecule has 8 nitrogen and oxygen atoms in total. The fraction of sp³-hybridized carbons (Fsp3) is 0.0513. The lowest BCUT2D eigenvalue weighted by Gasteiger charge is -2.31. The summed E-state index contributed by atoms with van der Waals surface area (Å²) in [7, 11) is 0. The van der Waals surface area contributed by atoms with Crippen molar-refractivity contribution in [1.29, 1.82) is 0 Å². The first-order valence-electron chi connectivity index (χ1n) is 29.4. The van der Waals surface area contributed by atoms with Gasteiger partial charge in [0, 0.05) is 72.2 Å². The van der Waals surface area contributed by atoms with Crippen LogP contribution in [0.4, 0.5) is 0 Å². The van der Waals surface area contributed by atoms with Crippen molar-refractivity contribution in [2.24, 2.45) is 0 Å². The van der Waals surface area contributed by atoms with Gasteiger partial charge < -0.3 is 18.3 Å². The second kappa shape index (κ2) is 19.2. The maximum absolute atomic E-state index is 5.91. The molecule has 86 heavy (non-hydrogen) atoms. The SMILES string of the molecule is Cc1ccc2c(c1)c1ccccc1n2-c1c(-c2ccncc2)c(-n2c3ccccc3c3cc(C)ccc32)c(-n2c3ccccc3c3cc(C)ccc32)c(-n2c3ccccc3c3cc(C)ccc32)c1-c1nc(-c2ccccc2)nc(-c2ccccc2)n1. The monoisotopic (exact) mass is 1100 g/mol. The van der Waals surface area contributed by atoms with E-state index in [0.29, 0.717) is 17.5 Å². The fourth-order valence-electron chi connectivity index (χ4n) is 13.8. The van der Waals surface area contributed by atoms with Gasteiger partial charge in [-0.25, -0.2) is 15.0 Å². The van der Waals surface area contributed by atoms with E-state index >= 15 is 0 Å². The first-order chi connectivity index (χ1) is 42.3. The maximum Gasteiger partial charge on any atom is 0.168 e. The van der Waals surface area contributed by atoms with Gasteiger partial charge in [0.05, 0.1) is 72.4 Å². The van der Waals surface area contributed by atoms with Crippen LogP contribution in [0.5, 0.6) is 0 Å². The quantitative estimate of drug-likeness (QED) is 0.152. The van der Waals surface area contributed by atoms with Crippen LogP contribution in [0.25, 0.3) is 155 Å². The fourth-order valence-corrected chi connectivity index (χ4v) is 13.8. The van der Waals surface area contributed by atoms with Crippen molar-refractivity contribution in [3.63, 3.8) is 0 Å². The number of nitrogens with zero attached hydrogens (tertiary/aromatic N) is 8. The molecule has 0 fully saturated rings. The summed E-state index contributed by atoms with van der Waals surface area (Å²) in [6, 6.07) is 88.4. The summed E-state index contributed by atoms with van der Waals surface area (Å²) >= 11 is 0. The number of hydrogen-bond donors (Lipinski definition) is 0. The average molecular weight is 1100 g/mol. The Hall–Kier alpha value is -11.2. The average Bonchev–Trinajstić information content (AvgIpc) is 1.67. The van der Waals surface area contributed by atoms with Crippen molar-refractivity contribution in [2.45, 2.75) is 27.7 Å². The summed E-state index contributed by atoms with van der Waals surface area (Å²) in [6.07, 6.45) is 3.87. The molecular formula is C78H54N8. The predicted molar refractivity (Wildman–Crippen MR) is 356 cm³/mol. The number of aryl methyl sites for hydroxylation is 4. The second-order valence-corrected chi connectivity index (χ2v) is 22.9. The van der Waals surface area contributed by atoms with Crippen molar-refractivity contribution in [3.05, 3.63) is 277 Å². The van der Waals surface area contributed by atoms with Gasteiger partial charge in [0.1, 0.15) is 0 Å². The summed E-state index contributed by atoms with van der Waals surface area (Å²) in [5.74, 6) is 1.63. The Bertz CT molecular complexity index is 5570. The smallest absolute Gasteiger partial charge is 0.168 e. The summed E-state index contributed by atoms with van der Waals surface area (Å²) in [5, 5.41) is 9.16. The first kappa shape index (κ1) is 49.4. The minimum atomic E-state index is 0.511. The van der Waals surface area contributed by atoms with Crippen LogP contribution in [0.3, 0.4) is 0 Å². The molecule has 0 atom stereocenters. The van der Waals surface area contributed by atoms with Crippen LogP contribution in [0.15, 0.2) is 255 Å². The van der Waals surface area contributed by atoms with E-state index in [4.69, 9.17) is 19.9 Å². The molecule has 17 rings (SSSR count). The molecule has 0 saturated heterocycles. The molecule has 8 heteroatoms. The molecule has 406 valence electrons. The summed E-state index contributed by atoms with van der Waals surface area (Å²) < 4.78 is 10.2. The first-order valence-corrected chi connectivity index (χ1v) is 29.4. The molecule has 6 heterocycles. The number of hydrogen-bond acceptors (Lipinski definition) is 4. The number of para-hydroxylation sites is 4. The lowest BCUT2D eigenvalue weighted by molar-refractivity contribution is 1.02. The summed E-state index contributed by atoms with van der Waals surface area (Å²) in [4.78, 5) is 22.0. The molecule has 0 N–H and O–H groups in total. The zero-order valence-corrected chi connectivity index (χ0v) is 47.8. The highest BCUT2D eigenvalue weighted by molar-refractivity contribution is 6.18.